The average molecular weight is 357 g/mol. The zero-order valence-corrected chi connectivity index (χ0v) is 16.3. The molecule has 26 heavy (non-hydrogen) atoms. The van der Waals surface area contributed by atoms with Gasteiger partial charge in [-0.25, -0.2) is 0 Å². The van der Waals surface area contributed by atoms with Gasteiger partial charge in [-0.2, -0.15) is 0 Å². The van der Waals surface area contributed by atoms with Crippen molar-refractivity contribution in [3.8, 4) is 0 Å². The highest BCUT2D eigenvalue weighted by Gasteiger charge is 2.33. The normalized spacial score (nSPS) is 25.2. The van der Waals surface area contributed by atoms with Crippen molar-refractivity contribution in [2.75, 3.05) is 51.2 Å². The molecule has 2 saturated heterocycles. The highest BCUT2D eigenvalue weighted by atomic mass is 16.2. The quantitative estimate of drug-likeness (QED) is 0.835. The van der Waals surface area contributed by atoms with Crippen molar-refractivity contribution in [2.45, 2.75) is 44.9 Å². The van der Waals surface area contributed by atoms with E-state index >= 15 is 0 Å². The molecule has 1 atom stereocenters. The van der Waals surface area contributed by atoms with Crippen molar-refractivity contribution < 1.29 is 4.79 Å². The first-order valence-electron chi connectivity index (χ1n) is 10.3. The number of pyridine rings is 1. The van der Waals surface area contributed by atoms with Crippen LogP contribution in [0.15, 0.2) is 12.1 Å². The Morgan fingerprint density at radius 3 is 2.50 bits per heavy atom. The number of carbonyl (C=O) groups is 1. The summed E-state index contributed by atoms with van der Waals surface area (Å²) in [6, 6.07) is 4.50. The third kappa shape index (κ3) is 3.73. The van der Waals surface area contributed by atoms with Crippen LogP contribution in [0.2, 0.25) is 0 Å². The van der Waals surface area contributed by atoms with Gasteiger partial charge >= 0.3 is 0 Å². The van der Waals surface area contributed by atoms with E-state index in [1.165, 1.54) is 24.2 Å². The van der Waals surface area contributed by atoms with Gasteiger partial charge in [-0.05, 0) is 45.4 Å². The summed E-state index contributed by atoms with van der Waals surface area (Å²) >= 11 is 0. The molecule has 3 aliphatic rings. The molecule has 0 aromatic carbocycles. The molecule has 4 rings (SSSR count). The highest BCUT2D eigenvalue weighted by Crippen LogP contribution is 2.33. The molecule has 0 unspecified atom stereocenters. The maximum Gasteiger partial charge on any atom is 0.225 e. The topological polar surface area (TPSA) is 39.7 Å². The summed E-state index contributed by atoms with van der Waals surface area (Å²) in [4.78, 5) is 24.5. The Kier molecular flexibility index (Phi) is 5.16. The van der Waals surface area contributed by atoms with Gasteiger partial charge in [0.25, 0.3) is 0 Å². The van der Waals surface area contributed by atoms with Crippen molar-refractivity contribution in [1.82, 2.24) is 14.8 Å². The minimum Gasteiger partial charge on any atom is -0.369 e. The summed E-state index contributed by atoms with van der Waals surface area (Å²) in [7, 11) is 2.19. The fourth-order valence-corrected chi connectivity index (χ4v) is 4.76. The smallest absolute Gasteiger partial charge is 0.225 e. The van der Waals surface area contributed by atoms with Crippen LogP contribution >= 0.6 is 0 Å². The number of amides is 1. The molecule has 0 bridgehead atoms. The highest BCUT2D eigenvalue weighted by molar-refractivity contribution is 5.79. The number of piperazine rings is 1. The maximum atomic E-state index is 12.7. The Morgan fingerprint density at radius 2 is 1.77 bits per heavy atom. The number of hydrogen-bond donors (Lipinski definition) is 0. The lowest BCUT2D eigenvalue weighted by atomic mass is 10.0. The summed E-state index contributed by atoms with van der Waals surface area (Å²) in [5.41, 5.74) is 3.58. The van der Waals surface area contributed by atoms with Crippen LogP contribution in [0, 0.1) is 12.8 Å². The third-order valence-corrected chi connectivity index (χ3v) is 6.45. The molecule has 1 aromatic rings. The number of aryl methyl sites for hydroxylation is 1. The molecule has 142 valence electrons. The van der Waals surface area contributed by atoms with Gasteiger partial charge in [0.1, 0.15) is 0 Å². The number of nitrogens with zero attached hydrogens (tertiary/aromatic N) is 4. The molecule has 1 aliphatic carbocycles. The second-order valence-electron chi connectivity index (χ2n) is 8.43. The van der Waals surface area contributed by atoms with E-state index in [2.05, 4.69) is 40.8 Å². The average Bonchev–Trinajstić information content (AvgIpc) is 3.33. The zero-order valence-electron chi connectivity index (χ0n) is 16.3. The van der Waals surface area contributed by atoms with Crippen molar-refractivity contribution in [3.05, 3.63) is 23.5 Å². The molecule has 5 heteroatoms. The van der Waals surface area contributed by atoms with Crippen molar-refractivity contribution in [2.24, 2.45) is 5.92 Å². The fourth-order valence-electron chi connectivity index (χ4n) is 4.76. The van der Waals surface area contributed by atoms with Crippen LogP contribution < -0.4 is 4.90 Å². The van der Waals surface area contributed by atoms with Gasteiger partial charge in [-0.1, -0.05) is 12.8 Å². The predicted octanol–water partition coefficient (Wildman–Crippen LogP) is 2.65. The molecule has 1 amide bonds. The Balaban J connectivity index is 1.45. The van der Waals surface area contributed by atoms with Gasteiger partial charge in [-0.3, -0.25) is 9.78 Å². The van der Waals surface area contributed by atoms with E-state index in [-0.39, 0.29) is 0 Å². The summed E-state index contributed by atoms with van der Waals surface area (Å²) < 4.78 is 0. The van der Waals surface area contributed by atoms with Crippen LogP contribution in [0.1, 0.15) is 49.4 Å². The first-order chi connectivity index (χ1) is 12.6. The lowest BCUT2D eigenvalue weighted by Gasteiger charge is -2.34. The van der Waals surface area contributed by atoms with Crippen molar-refractivity contribution in [3.63, 3.8) is 0 Å². The minimum absolute atomic E-state index is 0.292. The first kappa shape index (κ1) is 17.8. The van der Waals surface area contributed by atoms with E-state index in [9.17, 15) is 4.79 Å². The summed E-state index contributed by atoms with van der Waals surface area (Å²) in [6.45, 7) is 8.24. The standard InChI is InChI=1S/C21H32N4O/c1-16-13-19(24-11-9-23(2)10-12-24)14-20(22-16)18-7-8-25(15-18)21(26)17-5-3-4-6-17/h13-14,17-18H,3-12,15H2,1-2H3/t18-/m0/s1. The van der Waals surface area contributed by atoms with Crippen molar-refractivity contribution in [1.29, 1.82) is 0 Å². The Morgan fingerprint density at radius 1 is 1.04 bits per heavy atom. The monoisotopic (exact) mass is 356 g/mol. The Labute approximate surface area is 157 Å². The Bertz CT molecular complexity index is 647. The predicted molar refractivity (Wildman–Crippen MR) is 105 cm³/mol. The number of likely N-dealkylation sites (tertiary alicyclic amines) is 1. The van der Waals surface area contributed by atoms with Crippen LogP contribution in [-0.4, -0.2) is 67.0 Å². The number of rotatable bonds is 3. The fraction of sp³-hybridized carbons (Fsp3) is 0.714. The SMILES string of the molecule is Cc1cc(N2CCN(C)CC2)cc([C@H]2CCN(C(=O)C3CCCC3)C2)n1. The number of carbonyl (C=O) groups excluding carboxylic acids is 1. The van der Waals surface area contributed by atoms with E-state index in [1.54, 1.807) is 0 Å². The number of anilines is 1. The third-order valence-electron chi connectivity index (χ3n) is 6.45. The molecule has 3 heterocycles. The van der Waals surface area contributed by atoms with Crippen LogP contribution in [0.25, 0.3) is 0 Å². The molecular weight excluding hydrogens is 324 g/mol. The molecule has 0 radical (unpaired) electrons. The van der Waals surface area contributed by atoms with E-state index in [4.69, 9.17) is 4.98 Å². The van der Waals surface area contributed by atoms with Crippen LogP contribution in [0.4, 0.5) is 5.69 Å². The maximum absolute atomic E-state index is 12.7. The lowest BCUT2D eigenvalue weighted by Crippen LogP contribution is -2.44. The van der Waals surface area contributed by atoms with Gasteiger partial charge < -0.3 is 14.7 Å². The van der Waals surface area contributed by atoms with E-state index in [1.807, 2.05) is 0 Å². The van der Waals surface area contributed by atoms with E-state index in [0.717, 1.165) is 64.2 Å². The van der Waals surface area contributed by atoms with Gasteiger partial charge in [-0.15, -0.1) is 0 Å². The zero-order chi connectivity index (χ0) is 18.1. The first-order valence-corrected chi connectivity index (χ1v) is 10.3. The van der Waals surface area contributed by atoms with Crippen LogP contribution in [0.5, 0.6) is 0 Å². The number of aromatic nitrogens is 1. The second kappa shape index (κ2) is 7.55. The lowest BCUT2D eigenvalue weighted by molar-refractivity contribution is -0.134. The molecule has 1 aromatic heterocycles. The molecule has 3 fully saturated rings. The van der Waals surface area contributed by atoms with Gasteiger partial charge in [0.2, 0.25) is 5.91 Å². The van der Waals surface area contributed by atoms with Crippen LogP contribution in [0.3, 0.4) is 0 Å². The Hall–Kier alpha value is -1.62. The molecule has 5 nitrogen and oxygen atoms in total. The molecule has 0 spiro atoms. The van der Waals surface area contributed by atoms with E-state index in [0.29, 0.717) is 17.7 Å². The summed E-state index contributed by atoms with van der Waals surface area (Å²) in [5.74, 6) is 1.09. The molecule has 2 aliphatic heterocycles. The number of hydrogen-bond acceptors (Lipinski definition) is 4. The summed E-state index contributed by atoms with van der Waals surface area (Å²) in [5, 5.41) is 0. The van der Waals surface area contributed by atoms with Gasteiger partial charge in [0, 0.05) is 68.2 Å². The van der Waals surface area contributed by atoms with Gasteiger partial charge in [0.15, 0.2) is 0 Å². The summed E-state index contributed by atoms with van der Waals surface area (Å²) in [6.07, 6.45) is 5.69. The molecule has 0 N–H and O–H groups in total. The van der Waals surface area contributed by atoms with E-state index < -0.39 is 0 Å². The molecular formula is C21H32N4O. The molecule has 1 saturated carbocycles. The van der Waals surface area contributed by atoms with Gasteiger partial charge in [0.05, 0.1) is 0 Å². The minimum atomic E-state index is 0.292. The second-order valence-corrected chi connectivity index (χ2v) is 8.43. The van der Waals surface area contributed by atoms with Crippen LogP contribution in [-0.2, 0) is 4.79 Å². The van der Waals surface area contributed by atoms with Crippen molar-refractivity contribution >= 4 is 11.6 Å². The largest absolute Gasteiger partial charge is 0.369 e. The number of likely N-dealkylation sites (N-methyl/N-ethyl adjacent to an activating group) is 1.